The van der Waals surface area contributed by atoms with Crippen LogP contribution in [0.25, 0.3) is 0 Å². The molecule has 0 bridgehead atoms. The number of halogens is 2. The topological polar surface area (TPSA) is 34.2 Å². The Bertz CT molecular complexity index is 609. The quantitative estimate of drug-likeness (QED) is 0.806. The van der Waals surface area contributed by atoms with Crippen LogP contribution in [0.1, 0.15) is 26.5 Å². The number of hydrogen-bond donors (Lipinski definition) is 1. The van der Waals surface area contributed by atoms with Crippen LogP contribution in [0.5, 0.6) is 11.6 Å². The Morgan fingerprint density at radius 1 is 1.14 bits per heavy atom. The summed E-state index contributed by atoms with van der Waals surface area (Å²) >= 11 is 9.58. The lowest BCUT2D eigenvalue weighted by Gasteiger charge is -2.20. The summed E-state index contributed by atoms with van der Waals surface area (Å²) in [6.07, 6.45) is 0. The molecule has 5 heteroatoms. The monoisotopic (exact) mass is 368 g/mol. The van der Waals surface area contributed by atoms with Gasteiger partial charge in [0.1, 0.15) is 5.75 Å². The van der Waals surface area contributed by atoms with E-state index in [9.17, 15) is 0 Å². The third-order valence-corrected chi connectivity index (χ3v) is 3.59. The number of pyridine rings is 1. The second-order valence-electron chi connectivity index (χ2n) is 5.74. The smallest absolute Gasteiger partial charge is 0.219 e. The highest BCUT2D eigenvalue weighted by molar-refractivity contribution is 9.10. The van der Waals surface area contributed by atoms with Gasteiger partial charge in [-0.3, -0.25) is 0 Å². The number of rotatable bonds is 4. The highest BCUT2D eigenvalue weighted by Gasteiger charge is 2.12. The van der Waals surface area contributed by atoms with Crippen LogP contribution in [0.3, 0.4) is 0 Å². The van der Waals surface area contributed by atoms with E-state index in [0.29, 0.717) is 17.4 Å². The van der Waals surface area contributed by atoms with Crippen molar-refractivity contribution in [3.63, 3.8) is 0 Å². The van der Waals surface area contributed by atoms with E-state index in [2.05, 4.69) is 47.0 Å². The molecule has 0 atom stereocenters. The van der Waals surface area contributed by atoms with Gasteiger partial charge in [0, 0.05) is 22.6 Å². The molecule has 1 aromatic carbocycles. The molecule has 112 valence electrons. The second kappa shape index (κ2) is 6.77. The SMILES string of the molecule is CC(C)(C)NCc1nc(Oc2ccc(Br)cc2)ccc1Cl. The maximum absolute atomic E-state index is 6.18. The van der Waals surface area contributed by atoms with Crippen molar-refractivity contribution >= 4 is 27.5 Å². The van der Waals surface area contributed by atoms with Gasteiger partial charge in [-0.1, -0.05) is 27.5 Å². The molecule has 0 aliphatic heterocycles. The van der Waals surface area contributed by atoms with Gasteiger partial charge in [0.25, 0.3) is 0 Å². The Hall–Kier alpha value is -1.10. The van der Waals surface area contributed by atoms with E-state index >= 15 is 0 Å². The zero-order valence-corrected chi connectivity index (χ0v) is 14.6. The van der Waals surface area contributed by atoms with Gasteiger partial charge in [-0.25, -0.2) is 4.98 Å². The van der Waals surface area contributed by atoms with Crippen LogP contribution in [0.15, 0.2) is 40.9 Å². The minimum atomic E-state index is 0.00752. The average molecular weight is 370 g/mol. The molecule has 0 saturated carbocycles. The standard InChI is InChI=1S/C16H18BrClN2O/c1-16(2,3)19-10-14-13(18)8-9-15(20-14)21-12-6-4-11(17)5-7-12/h4-9,19H,10H2,1-3H3. The highest BCUT2D eigenvalue weighted by Crippen LogP contribution is 2.24. The van der Waals surface area contributed by atoms with Crippen molar-refractivity contribution in [1.82, 2.24) is 10.3 Å². The van der Waals surface area contributed by atoms with Gasteiger partial charge in [-0.15, -0.1) is 0 Å². The first-order valence-corrected chi connectivity index (χ1v) is 7.84. The van der Waals surface area contributed by atoms with Crippen LogP contribution < -0.4 is 10.1 Å². The zero-order chi connectivity index (χ0) is 15.5. The lowest BCUT2D eigenvalue weighted by Crippen LogP contribution is -2.35. The van der Waals surface area contributed by atoms with E-state index in [0.717, 1.165) is 15.9 Å². The number of nitrogens with zero attached hydrogens (tertiary/aromatic N) is 1. The third kappa shape index (κ3) is 5.30. The molecule has 1 aromatic heterocycles. The van der Waals surface area contributed by atoms with E-state index in [1.165, 1.54) is 0 Å². The fourth-order valence-corrected chi connectivity index (χ4v) is 2.05. The van der Waals surface area contributed by atoms with Crippen LogP contribution in [0, 0.1) is 0 Å². The normalized spacial score (nSPS) is 11.5. The summed E-state index contributed by atoms with van der Waals surface area (Å²) in [5.74, 6) is 1.27. The summed E-state index contributed by atoms with van der Waals surface area (Å²) < 4.78 is 6.75. The van der Waals surface area contributed by atoms with Crippen molar-refractivity contribution in [2.24, 2.45) is 0 Å². The van der Waals surface area contributed by atoms with Gasteiger partial charge >= 0.3 is 0 Å². The lowest BCUT2D eigenvalue weighted by molar-refractivity contribution is 0.416. The summed E-state index contributed by atoms with van der Waals surface area (Å²) in [6, 6.07) is 11.2. The molecule has 0 amide bonds. The van der Waals surface area contributed by atoms with Crippen molar-refractivity contribution < 1.29 is 4.74 Å². The van der Waals surface area contributed by atoms with Gasteiger partial charge < -0.3 is 10.1 Å². The molecule has 0 aliphatic carbocycles. The molecule has 2 rings (SSSR count). The minimum absolute atomic E-state index is 0.00752. The summed E-state index contributed by atoms with van der Waals surface area (Å²) in [7, 11) is 0. The Kier molecular flexibility index (Phi) is 5.25. The average Bonchev–Trinajstić information content (AvgIpc) is 2.41. The zero-order valence-electron chi connectivity index (χ0n) is 12.3. The number of hydrogen-bond acceptors (Lipinski definition) is 3. The Labute approximate surface area is 138 Å². The van der Waals surface area contributed by atoms with Gasteiger partial charge in [0.05, 0.1) is 10.7 Å². The molecule has 0 radical (unpaired) electrons. The third-order valence-electron chi connectivity index (χ3n) is 2.72. The van der Waals surface area contributed by atoms with Gasteiger partial charge in [-0.2, -0.15) is 0 Å². The summed E-state index contributed by atoms with van der Waals surface area (Å²) in [4.78, 5) is 4.46. The maximum atomic E-state index is 6.18. The molecule has 2 aromatic rings. The number of benzene rings is 1. The molecule has 0 spiro atoms. The first kappa shape index (κ1) is 16.3. The molecule has 21 heavy (non-hydrogen) atoms. The molecule has 1 N–H and O–H groups in total. The van der Waals surface area contributed by atoms with E-state index in [1.807, 2.05) is 30.3 Å². The van der Waals surface area contributed by atoms with Crippen LogP contribution in [0.4, 0.5) is 0 Å². The van der Waals surface area contributed by atoms with Crippen LogP contribution in [-0.2, 0) is 6.54 Å². The van der Waals surface area contributed by atoms with E-state index < -0.39 is 0 Å². The first-order valence-electron chi connectivity index (χ1n) is 6.67. The Balaban J connectivity index is 2.12. The summed E-state index contributed by atoms with van der Waals surface area (Å²) in [5.41, 5.74) is 0.786. The Morgan fingerprint density at radius 2 is 1.81 bits per heavy atom. The largest absolute Gasteiger partial charge is 0.439 e. The van der Waals surface area contributed by atoms with E-state index in [4.69, 9.17) is 16.3 Å². The molecule has 0 saturated heterocycles. The molecule has 0 unspecified atom stereocenters. The van der Waals surface area contributed by atoms with Crippen LogP contribution in [0.2, 0.25) is 5.02 Å². The van der Waals surface area contributed by atoms with Crippen LogP contribution >= 0.6 is 27.5 Å². The fraction of sp³-hybridized carbons (Fsp3) is 0.312. The Morgan fingerprint density at radius 3 is 2.43 bits per heavy atom. The number of nitrogens with one attached hydrogen (secondary N) is 1. The predicted molar refractivity (Wildman–Crippen MR) is 90.1 cm³/mol. The van der Waals surface area contributed by atoms with Crippen molar-refractivity contribution in [3.8, 4) is 11.6 Å². The van der Waals surface area contributed by atoms with Crippen molar-refractivity contribution in [2.75, 3.05) is 0 Å². The van der Waals surface area contributed by atoms with Gasteiger partial charge in [-0.05, 0) is 51.1 Å². The van der Waals surface area contributed by atoms with Crippen molar-refractivity contribution in [1.29, 1.82) is 0 Å². The van der Waals surface area contributed by atoms with E-state index in [-0.39, 0.29) is 5.54 Å². The molecule has 0 aliphatic rings. The van der Waals surface area contributed by atoms with Crippen LogP contribution in [-0.4, -0.2) is 10.5 Å². The minimum Gasteiger partial charge on any atom is -0.439 e. The van der Waals surface area contributed by atoms with Crippen molar-refractivity contribution in [3.05, 3.63) is 51.6 Å². The molecule has 1 heterocycles. The van der Waals surface area contributed by atoms with Gasteiger partial charge in [0.2, 0.25) is 5.88 Å². The molecule has 0 fully saturated rings. The van der Waals surface area contributed by atoms with E-state index in [1.54, 1.807) is 6.07 Å². The highest BCUT2D eigenvalue weighted by atomic mass is 79.9. The fourth-order valence-electron chi connectivity index (χ4n) is 1.62. The second-order valence-corrected chi connectivity index (χ2v) is 7.06. The lowest BCUT2D eigenvalue weighted by atomic mass is 10.1. The predicted octanol–water partition coefficient (Wildman–Crippen LogP) is 5.18. The first-order chi connectivity index (χ1) is 9.83. The molecular formula is C16H18BrClN2O. The summed E-state index contributed by atoms with van der Waals surface area (Å²) in [5, 5.41) is 4.00. The molecule has 3 nitrogen and oxygen atoms in total. The number of ether oxygens (including phenoxy) is 1. The van der Waals surface area contributed by atoms with Crippen molar-refractivity contribution in [2.45, 2.75) is 32.9 Å². The molecular weight excluding hydrogens is 352 g/mol. The summed E-state index contributed by atoms with van der Waals surface area (Å²) in [6.45, 7) is 6.90. The number of aromatic nitrogens is 1. The maximum Gasteiger partial charge on any atom is 0.219 e. The van der Waals surface area contributed by atoms with Gasteiger partial charge in [0.15, 0.2) is 0 Å².